The standard InChI is InChI=1S/C10H21N3O2/c1-2-15-9(7-11)8-13-5-3-10(14)12-4-6-13/h9H,2-8,11H2,1H3,(H,12,14). The van der Waals surface area contributed by atoms with E-state index in [1.807, 2.05) is 6.92 Å². The number of nitrogens with two attached hydrogens (primary N) is 1. The summed E-state index contributed by atoms with van der Waals surface area (Å²) < 4.78 is 5.49. The topological polar surface area (TPSA) is 67.6 Å². The van der Waals surface area contributed by atoms with E-state index < -0.39 is 0 Å². The first-order chi connectivity index (χ1) is 7.26. The molecule has 0 aromatic rings. The molecule has 0 saturated carbocycles. The van der Waals surface area contributed by atoms with Crippen LogP contribution in [0.5, 0.6) is 0 Å². The molecular formula is C10H21N3O2. The number of nitrogens with zero attached hydrogens (tertiary/aromatic N) is 1. The zero-order valence-corrected chi connectivity index (χ0v) is 9.37. The second-order valence-electron chi connectivity index (χ2n) is 3.71. The average molecular weight is 215 g/mol. The molecule has 0 aromatic carbocycles. The molecule has 1 aliphatic heterocycles. The van der Waals surface area contributed by atoms with Crippen molar-refractivity contribution in [2.75, 3.05) is 39.3 Å². The Hall–Kier alpha value is -0.650. The van der Waals surface area contributed by atoms with Gasteiger partial charge >= 0.3 is 0 Å². The second kappa shape index (κ2) is 6.76. The van der Waals surface area contributed by atoms with Crippen molar-refractivity contribution in [2.45, 2.75) is 19.4 Å². The Morgan fingerprint density at radius 3 is 3.07 bits per heavy atom. The van der Waals surface area contributed by atoms with Crippen LogP contribution in [0, 0.1) is 0 Å². The van der Waals surface area contributed by atoms with Crippen molar-refractivity contribution in [3.8, 4) is 0 Å². The van der Waals surface area contributed by atoms with E-state index in [1.165, 1.54) is 0 Å². The predicted molar refractivity (Wildman–Crippen MR) is 58.5 cm³/mol. The third kappa shape index (κ3) is 4.59. The van der Waals surface area contributed by atoms with Gasteiger partial charge in [0.2, 0.25) is 5.91 Å². The zero-order valence-electron chi connectivity index (χ0n) is 9.37. The van der Waals surface area contributed by atoms with E-state index >= 15 is 0 Å². The number of rotatable bonds is 5. The van der Waals surface area contributed by atoms with Gasteiger partial charge in [-0.05, 0) is 6.92 Å². The van der Waals surface area contributed by atoms with E-state index in [1.54, 1.807) is 0 Å². The van der Waals surface area contributed by atoms with Crippen molar-refractivity contribution in [2.24, 2.45) is 5.73 Å². The van der Waals surface area contributed by atoms with Crippen LogP contribution in [-0.2, 0) is 9.53 Å². The van der Waals surface area contributed by atoms with Gasteiger partial charge in [-0.3, -0.25) is 9.69 Å². The number of hydrogen-bond donors (Lipinski definition) is 2. The summed E-state index contributed by atoms with van der Waals surface area (Å²) in [5.74, 6) is 0.137. The lowest BCUT2D eigenvalue weighted by Gasteiger charge is -2.24. The first kappa shape index (κ1) is 12.4. The minimum atomic E-state index is 0.0863. The maximum Gasteiger partial charge on any atom is 0.221 e. The molecule has 1 amide bonds. The van der Waals surface area contributed by atoms with Crippen LogP contribution in [-0.4, -0.2) is 56.2 Å². The Balaban J connectivity index is 2.32. The molecule has 0 aliphatic carbocycles. The first-order valence-electron chi connectivity index (χ1n) is 5.57. The summed E-state index contributed by atoms with van der Waals surface area (Å²) >= 11 is 0. The lowest BCUT2D eigenvalue weighted by atomic mass is 10.3. The van der Waals surface area contributed by atoms with Gasteiger partial charge in [-0.25, -0.2) is 0 Å². The number of amides is 1. The van der Waals surface area contributed by atoms with Gasteiger partial charge in [0.1, 0.15) is 0 Å². The minimum Gasteiger partial charge on any atom is -0.376 e. The highest BCUT2D eigenvalue weighted by Gasteiger charge is 2.16. The Bertz CT molecular complexity index is 199. The van der Waals surface area contributed by atoms with Crippen LogP contribution in [0.2, 0.25) is 0 Å². The molecule has 0 aromatic heterocycles. The van der Waals surface area contributed by atoms with Gasteiger partial charge in [-0.2, -0.15) is 0 Å². The van der Waals surface area contributed by atoms with Crippen molar-refractivity contribution in [1.82, 2.24) is 10.2 Å². The zero-order chi connectivity index (χ0) is 11.1. The molecular weight excluding hydrogens is 194 g/mol. The largest absolute Gasteiger partial charge is 0.376 e. The molecule has 1 aliphatic rings. The van der Waals surface area contributed by atoms with Crippen LogP contribution in [0.15, 0.2) is 0 Å². The second-order valence-corrected chi connectivity index (χ2v) is 3.71. The Kier molecular flexibility index (Phi) is 5.60. The van der Waals surface area contributed by atoms with Crippen molar-refractivity contribution < 1.29 is 9.53 Å². The predicted octanol–water partition coefficient (Wildman–Crippen LogP) is -0.828. The van der Waals surface area contributed by atoms with Crippen LogP contribution >= 0.6 is 0 Å². The van der Waals surface area contributed by atoms with Gasteiger partial charge in [-0.15, -0.1) is 0 Å². The van der Waals surface area contributed by atoms with E-state index in [0.29, 0.717) is 19.6 Å². The third-order valence-electron chi connectivity index (χ3n) is 2.53. The highest BCUT2D eigenvalue weighted by Crippen LogP contribution is 2.00. The molecule has 1 saturated heterocycles. The van der Waals surface area contributed by atoms with Crippen molar-refractivity contribution in [3.63, 3.8) is 0 Å². The van der Waals surface area contributed by atoms with Crippen molar-refractivity contribution in [3.05, 3.63) is 0 Å². The van der Waals surface area contributed by atoms with Crippen LogP contribution in [0.25, 0.3) is 0 Å². The average Bonchev–Trinajstić information content (AvgIpc) is 2.43. The molecule has 1 fully saturated rings. The summed E-state index contributed by atoms with van der Waals surface area (Å²) in [5, 5.41) is 2.85. The number of nitrogens with one attached hydrogen (secondary N) is 1. The molecule has 5 heteroatoms. The lowest BCUT2D eigenvalue weighted by molar-refractivity contribution is -0.120. The maximum absolute atomic E-state index is 11.1. The first-order valence-corrected chi connectivity index (χ1v) is 5.57. The molecule has 3 N–H and O–H groups in total. The molecule has 5 nitrogen and oxygen atoms in total. The quantitative estimate of drug-likeness (QED) is 0.628. The molecule has 0 bridgehead atoms. The van der Waals surface area contributed by atoms with E-state index in [9.17, 15) is 4.79 Å². The summed E-state index contributed by atoms with van der Waals surface area (Å²) in [6.45, 7) is 6.42. The monoisotopic (exact) mass is 215 g/mol. The smallest absolute Gasteiger partial charge is 0.221 e. The van der Waals surface area contributed by atoms with Crippen LogP contribution < -0.4 is 11.1 Å². The molecule has 1 rings (SSSR count). The van der Waals surface area contributed by atoms with Crippen molar-refractivity contribution in [1.29, 1.82) is 0 Å². The molecule has 1 heterocycles. The SMILES string of the molecule is CCOC(CN)CN1CCNC(=O)CC1. The summed E-state index contributed by atoms with van der Waals surface area (Å²) in [6.07, 6.45) is 0.659. The minimum absolute atomic E-state index is 0.0863. The van der Waals surface area contributed by atoms with Crippen molar-refractivity contribution >= 4 is 5.91 Å². The van der Waals surface area contributed by atoms with Gasteiger partial charge in [0.15, 0.2) is 0 Å². The molecule has 88 valence electrons. The van der Waals surface area contributed by atoms with E-state index in [-0.39, 0.29) is 12.0 Å². The fraction of sp³-hybridized carbons (Fsp3) is 0.900. The number of ether oxygens (including phenoxy) is 1. The Labute approximate surface area is 90.9 Å². The maximum atomic E-state index is 11.1. The summed E-state index contributed by atoms with van der Waals surface area (Å²) in [5.41, 5.74) is 5.61. The number of carbonyl (C=O) groups excluding carboxylic acids is 1. The Morgan fingerprint density at radius 1 is 1.60 bits per heavy atom. The normalized spacial score (nSPS) is 20.8. The molecule has 1 atom stereocenters. The van der Waals surface area contributed by atoms with E-state index in [0.717, 1.165) is 26.2 Å². The highest BCUT2D eigenvalue weighted by atomic mass is 16.5. The number of hydrogen-bond acceptors (Lipinski definition) is 4. The van der Waals surface area contributed by atoms with Gasteiger partial charge in [0.05, 0.1) is 6.10 Å². The van der Waals surface area contributed by atoms with Crippen LogP contribution in [0.3, 0.4) is 0 Å². The number of carbonyl (C=O) groups is 1. The van der Waals surface area contributed by atoms with Gasteiger partial charge < -0.3 is 15.8 Å². The fourth-order valence-corrected chi connectivity index (χ4v) is 1.71. The van der Waals surface area contributed by atoms with Gasteiger partial charge in [0.25, 0.3) is 0 Å². The highest BCUT2D eigenvalue weighted by molar-refractivity contribution is 5.76. The van der Waals surface area contributed by atoms with E-state index in [2.05, 4.69) is 10.2 Å². The molecule has 1 unspecified atom stereocenters. The van der Waals surface area contributed by atoms with Crippen LogP contribution in [0.1, 0.15) is 13.3 Å². The molecule has 0 radical (unpaired) electrons. The summed E-state index contributed by atoms with van der Waals surface area (Å²) in [4.78, 5) is 13.3. The Morgan fingerprint density at radius 2 is 2.40 bits per heavy atom. The van der Waals surface area contributed by atoms with E-state index in [4.69, 9.17) is 10.5 Å². The summed E-state index contributed by atoms with van der Waals surface area (Å²) in [7, 11) is 0. The third-order valence-corrected chi connectivity index (χ3v) is 2.53. The fourth-order valence-electron chi connectivity index (χ4n) is 1.71. The molecule has 15 heavy (non-hydrogen) atoms. The summed E-state index contributed by atoms with van der Waals surface area (Å²) in [6, 6.07) is 0. The van der Waals surface area contributed by atoms with Gasteiger partial charge in [-0.1, -0.05) is 0 Å². The lowest BCUT2D eigenvalue weighted by Crippen LogP contribution is -2.39. The molecule has 0 spiro atoms. The van der Waals surface area contributed by atoms with Gasteiger partial charge in [0, 0.05) is 45.8 Å². The van der Waals surface area contributed by atoms with Crippen LogP contribution in [0.4, 0.5) is 0 Å².